The third-order valence-electron chi connectivity index (χ3n) is 3.33. The highest BCUT2D eigenvalue weighted by Gasteiger charge is 2.33. The van der Waals surface area contributed by atoms with Gasteiger partial charge in [-0.1, -0.05) is 18.2 Å². The lowest BCUT2D eigenvalue weighted by Crippen LogP contribution is -2.06. The summed E-state index contributed by atoms with van der Waals surface area (Å²) in [7, 11) is 0. The summed E-state index contributed by atoms with van der Waals surface area (Å²) >= 11 is 0. The third kappa shape index (κ3) is 2.55. The predicted molar refractivity (Wildman–Crippen MR) is 76.1 cm³/mol. The van der Waals surface area contributed by atoms with Crippen molar-refractivity contribution >= 4 is 23.2 Å². The van der Waals surface area contributed by atoms with Crippen molar-refractivity contribution in [3.05, 3.63) is 59.2 Å². The molecule has 1 aliphatic heterocycles. The van der Waals surface area contributed by atoms with Crippen LogP contribution in [0.3, 0.4) is 0 Å². The SMILES string of the molecule is O=C1Nc2cc(C(F)(F)F)ccc2/C1=C/c1ccc(O)cc1. The Morgan fingerprint density at radius 2 is 1.73 bits per heavy atom. The van der Waals surface area contributed by atoms with Gasteiger partial charge >= 0.3 is 6.18 Å². The van der Waals surface area contributed by atoms with Gasteiger partial charge in [-0.15, -0.1) is 0 Å². The zero-order valence-corrected chi connectivity index (χ0v) is 11.1. The summed E-state index contributed by atoms with van der Waals surface area (Å²) in [4.78, 5) is 12.0. The molecule has 0 atom stereocenters. The van der Waals surface area contributed by atoms with E-state index in [1.807, 2.05) is 0 Å². The molecule has 1 heterocycles. The van der Waals surface area contributed by atoms with Crippen molar-refractivity contribution in [3.63, 3.8) is 0 Å². The lowest BCUT2D eigenvalue weighted by Gasteiger charge is -2.08. The van der Waals surface area contributed by atoms with Gasteiger partial charge in [-0.2, -0.15) is 13.2 Å². The van der Waals surface area contributed by atoms with E-state index in [0.29, 0.717) is 11.1 Å². The first kappa shape index (κ1) is 14.2. The molecule has 1 aliphatic rings. The van der Waals surface area contributed by atoms with E-state index in [2.05, 4.69) is 5.32 Å². The molecule has 0 radical (unpaired) electrons. The van der Waals surface area contributed by atoms with Gasteiger partial charge in [0.1, 0.15) is 5.75 Å². The normalized spacial score (nSPS) is 15.8. The molecule has 0 saturated carbocycles. The van der Waals surface area contributed by atoms with Crippen LogP contribution in [0.5, 0.6) is 5.75 Å². The first-order chi connectivity index (χ1) is 10.3. The van der Waals surface area contributed by atoms with E-state index in [-0.39, 0.29) is 17.0 Å². The number of phenolic OH excluding ortho intramolecular Hbond substituents is 1. The monoisotopic (exact) mass is 305 g/mol. The Morgan fingerprint density at radius 3 is 2.36 bits per heavy atom. The van der Waals surface area contributed by atoms with Gasteiger partial charge in [0.25, 0.3) is 5.91 Å². The Labute approximate surface area is 123 Å². The molecule has 3 nitrogen and oxygen atoms in total. The first-order valence-corrected chi connectivity index (χ1v) is 6.38. The number of aromatic hydroxyl groups is 1. The molecule has 0 aliphatic carbocycles. The topological polar surface area (TPSA) is 49.3 Å². The zero-order valence-electron chi connectivity index (χ0n) is 11.1. The molecular weight excluding hydrogens is 295 g/mol. The van der Waals surface area contributed by atoms with E-state index in [4.69, 9.17) is 0 Å². The van der Waals surface area contributed by atoms with Gasteiger partial charge in [-0.05, 0) is 35.9 Å². The van der Waals surface area contributed by atoms with Gasteiger partial charge in [0, 0.05) is 16.8 Å². The molecule has 0 saturated heterocycles. The number of rotatable bonds is 1. The van der Waals surface area contributed by atoms with E-state index >= 15 is 0 Å². The number of alkyl halides is 3. The molecular formula is C16H10F3NO2. The number of nitrogens with one attached hydrogen (secondary N) is 1. The van der Waals surface area contributed by atoms with Crippen LogP contribution in [0.1, 0.15) is 16.7 Å². The number of hydrogen-bond donors (Lipinski definition) is 2. The fourth-order valence-corrected chi connectivity index (χ4v) is 2.25. The highest BCUT2D eigenvalue weighted by atomic mass is 19.4. The van der Waals surface area contributed by atoms with E-state index in [0.717, 1.165) is 12.1 Å². The molecule has 0 spiro atoms. The summed E-state index contributed by atoms with van der Waals surface area (Å²) in [5.41, 5.74) is 0.707. The molecule has 0 fully saturated rings. The molecule has 0 unspecified atom stereocenters. The van der Waals surface area contributed by atoms with Gasteiger partial charge in [0.15, 0.2) is 0 Å². The molecule has 22 heavy (non-hydrogen) atoms. The zero-order chi connectivity index (χ0) is 15.9. The van der Waals surface area contributed by atoms with E-state index in [1.165, 1.54) is 18.2 Å². The second-order valence-corrected chi connectivity index (χ2v) is 4.86. The molecule has 3 rings (SSSR count). The maximum absolute atomic E-state index is 12.7. The second kappa shape index (κ2) is 4.91. The Bertz CT molecular complexity index is 777. The molecule has 2 aromatic carbocycles. The lowest BCUT2D eigenvalue weighted by molar-refractivity contribution is -0.137. The van der Waals surface area contributed by atoms with Crippen LogP contribution in [0, 0.1) is 0 Å². The highest BCUT2D eigenvalue weighted by molar-refractivity contribution is 6.34. The van der Waals surface area contributed by atoms with E-state index in [1.54, 1.807) is 18.2 Å². The number of carbonyl (C=O) groups excluding carboxylic acids is 1. The highest BCUT2D eigenvalue weighted by Crippen LogP contribution is 2.38. The second-order valence-electron chi connectivity index (χ2n) is 4.86. The van der Waals surface area contributed by atoms with Crippen molar-refractivity contribution in [2.24, 2.45) is 0 Å². The van der Waals surface area contributed by atoms with E-state index < -0.39 is 17.6 Å². The van der Waals surface area contributed by atoms with Crippen molar-refractivity contribution in [2.75, 3.05) is 5.32 Å². The first-order valence-electron chi connectivity index (χ1n) is 6.38. The molecule has 0 bridgehead atoms. The quantitative estimate of drug-likeness (QED) is 0.785. The number of fused-ring (bicyclic) bond motifs is 1. The van der Waals surface area contributed by atoms with Crippen molar-refractivity contribution in [1.29, 1.82) is 0 Å². The molecule has 2 N–H and O–H groups in total. The minimum absolute atomic E-state index is 0.0910. The predicted octanol–water partition coefficient (Wildman–Crippen LogP) is 3.90. The van der Waals surface area contributed by atoms with Gasteiger partial charge in [0.05, 0.1) is 5.56 Å². The van der Waals surface area contributed by atoms with Crippen LogP contribution in [0.4, 0.5) is 18.9 Å². The molecule has 1 amide bonds. The fourth-order valence-electron chi connectivity index (χ4n) is 2.25. The maximum Gasteiger partial charge on any atom is 0.416 e. The van der Waals surface area contributed by atoms with Gasteiger partial charge in [0.2, 0.25) is 0 Å². The Balaban J connectivity index is 2.03. The van der Waals surface area contributed by atoms with Crippen LogP contribution in [-0.2, 0) is 11.0 Å². The van der Waals surface area contributed by atoms with Crippen molar-refractivity contribution in [3.8, 4) is 5.75 Å². The number of phenols is 1. The summed E-state index contributed by atoms with van der Waals surface area (Å²) in [6.45, 7) is 0. The van der Waals surface area contributed by atoms with Crippen molar-refractivity contribution < 1.29 is 23.1 Å². The van der Waals surface area contributed by atoms with Crippen LogP contribution in [0.2, 0.25) is 0 Å². The number of benzene rings is 2. The van der Waals surface area contributed by atoms with Gasteiger partial charge < -0.3 is 10.4 Å². The van der Waals surface area contributed by atoms with Gasteiger partial charge in [-0.3, -0.25) is 4.79 Å². The average Bonchev–Trinajstić information content (AvgIpc) is 2.76. The third-order valence-corrected chi connectivity index (χ3v) is 3.33. The molecule has 112 valence electrons. The van der Waals surface area contributed by atoms with Crippen molar-refractivity contribution in [2.45, 2.75) is 6.18 Å². The van der Waals surface area contributed by atoms with Crippen LogP contribution >= 0.6 is 0 Å². The van der Waals surface area contributed by atoms with E-state index in [9.17, 15) is 23.1 Å². The number of anilines is 1. The number of amides is 1. The smallest absolute Gasteiger partial charge is 0.416 e. The number of hydrogen-bond acceptors (Lipinski definition) is 2. The summed E-state index contributed by atoms with van der Waals surface area (Å²) < 4.78 is 38.1. The number of carbonyl (C=O) groups is 1. The Morgan fingerprint density at radius 1 is 1.05 bits per heavy atom. The maximum atomic E-state index is 12.7. The van der Waals surface area contributed by atoms with Crippen LogP contribution < -0.4 is 5.32 Å². The lowest BCUT2D eigenvalue weighted by atomic mass is 10.0. The Hall–Kier alpha value is -2.76. The van der Waals surface area contributed by atoms with Crippen LogP contribution in [-0.4, -0.2) is 11.0 Å². The summed E-state index contributed by atoms with van der Waals surface area (Å²) in [5, 5.41) is 11.7. The van der Waals surface area contributed by atoms with Gasteiger partial charge in [-0.25, -0.2) is 0 Å². The number of halogens is 3. The summed E-state index contributed by atoms with van der Waals surface area (Å²) in [6.07, 6.45) is -2.89. The standard InChI is InChI=1S/C16H10F3NO2/c17-16(18,19)10-3-6-12-13(15(22)20-14(12)8-10)7-9-1-4-11(21)5-2-9/h1-8,21H,(H,20,22)/b13-7-. The largest absolute Gasteiger partial charge is 0.508 e. The minimum atomic E-state index is -4.46. The molecule has 0 aromatic heterocycles. The Kier molecular flexibility index (Phi) is 3.16. The fraction of sp³-hybridized carbons (Fsp3) is 0.0625. The van der Waals surface area contributed by atoms with Crippen LogP contribution in [0.25, 0.3) is 11.6 Å². The minimum Gasteiger partial charge on any atom is -0.508 e. The van der Waals surface area contributed by atoms with Crippen LogP contribution in [0.15, 0.2) is 42.5 Å². The molecule has 6 heteroatoms. The summed E-state index contributed by atoms with van der Waals surface area (Å²) in [6, 6.07) is 9.30. The average molecular weight is 305 g/mol. The van der Waals surface area contributed by atoms with Crippen molar-refractivity contribution in [1.82, 2.24) is 0 Å². The summed E-state index contributed by atoms with van der Waals surface area (Å²) in [5.74, 6) is -0.365. The molecule has 2 aromatic rings.